The van der Waals surface area contributed by atoms with Gasteiger partial charge in [0.1, 0.15) is 5.82 Å². The highest BCUT2D eigenvalue weighted by Gasteiger charge is 2.09. The third-order valence-corrected chi connectivity index (χ3v) is 3.35. The summed E-state index contributed by atoms with van der Waals surface area (Å²) >= 11 is 0. The molecule has 0 fully saturated rings. The van der Waals surface area contributed by atoms with Crippen molar-refractivity contribution in [1.29, 1.82) is 0 Å². The highest BCUT2D eigenvalue weighted by atomic mass is 19.1. The summed E-state index contributed by atoms with van der Waals surface area (Å²) in [7, 11) is 0. The van der Waals surface area contributed by atoms with Crippen molar-refractivity contribution in [3.63, 3.8) is 0 Å². The van der Waals surface area contributed by atoms with Gasteiger partial charge in [-0.25, -0.2) is 4.39 Å². The summed E-state index contributed by atoms with van der Waals surface area (Å²) < 4.78 is 12.9. The van der Waals surface area contributed by atoms with E-state index in [1.54, 1.807) is 0 Å². The van der Waals surface area contributed by atoms with Gasteiger partial charge in [0.15, 0.2) is 0 Å². The van der Waals surface area contributed by atoms with Gasteiger partial charge in [0, 0.05) is 0 Å². The molecule has 0 atom stereocenters. The second-order valence-corrected chi connectivity index (χ2v) is 5.19. The van der Waals surface area contributed by atoms with Crippen LogP contribution in [0.4, 0.5) is 4.39 Å². The molecule has 0 radical (unpaired) electrons. The van der Waals surface area contributed by atoms with Crippen LogP contribution >= 0.6 is 0 Å². The molecule has 0 spiro atoms. The second kappa shape index (κ2) is 4.93. The lowest BCUT2D eigenvalue weighted by molar-refractivity contribution is 0.628. The van der Waals surface area contributed by atoms with Gasteiger partial charge in [-0.15, -0.1) is 0 Å². The first kappa shape index (κ1) is 12.8. The first-order valence-corrected chi connectivity index (χ1v) is 6.36. The Bertz CT molecular complexity index is 527. The van der Waals surface area contributed by atoms with Crippen LogP contribution in [0, 0.1) is 19.7 Å². The van der Waals surface area contributed by atoms with Gasteiger partial charge in [0.2, 0.25) is 0 Å². The fourth-order valence-electron chi connectivity index (χ4n) is 2.69. The zero-order chi connectivity index (χ0) is 13.3. The summed E-state index contributed by atoms with van der Waals surface area (Å²) in [4.78, 5) is 0. The van der Waals surface area contributed by atoms with Gasteiger partial charge in [-0.2, -0.15) is 0 Å². The van der Waals surface area contributed by atoms with Gasteiger partial charge in [0.25, 0.3) is 0 Å². The minimum absolute atomic E-state index is 0.189. The van der Waals surface area contributed by atoms with Crippen molar-refractivity contribution in [2.45, 2.75) is 33.6 Å². The maximum Gasteiger partial charge on any atom is 0.123 e. The summed E-state index contributed by atoms with van der Waals surface area (Å²) in [5.41, 5.74) is 6.27. The summed E-state index contributed by atoms with van der Waals surface area (Å²) in [6.45, 7) is 8.73. The Morgan fingerprint density at radius 1 is 0.833 bits per heavy atom. The standard InChI is InChI=1S/C17H19F/c1-11(2)17-12(3)9-15(10-13(17)4)14-5-7-16(18)8-6-14/h5-11H,1-4H3. The Morgan fingerprint density at radius 2 is 1.33 bits per heavy atom. The van der Waals surface area contributed by atoms with E-state index in [2.05, 4.69) is 39.8 Å². The van der Waals surface area contributed by atoms with E-state index < -0.39 is 0 Å². The van der Waals surface area contributed by atoms with Crippen molar-refractivity contribution in [3.8, 4) is 11.1 Å². The van der Waals surface area contributed by atoms with Gasteiger partial charge >= 0.3 is 0 Å². The van der Waals surface area contributed by atoms with Gasteiger partial charge in [0.05, 0.1) is 0 Å². The van der Waals surface area contributed by atoms with E-state index in [4.69, 9.17) is 0 Å². The van der Waals surface area contributed by atoms with E-state index in [1.165, 1.54) is 28.8 Å². The fraction of sp³-hybridized carbons (Fsp3) is 0.294. The van der Waals surface area contributed by atoms with E-state index in [0.717, 1.165) is 11.1 Å². The normalized spacial score (nSPS) is 11.0. The maximum atomic E-state index is 12.9. The fourth-order valence-corrected chi connectivity index (χ4v) is 2.69. The molecule has 2 aromatic rings. The first-order chi connectivity index (χ1) is 8.49. The zero-order valence-electron chi connectivity index (χ0n) is 11.4. The van der Waals surface area contributed by atoms with E-state index in [-0.39, 0.29) is 5.82 Å². The maximum absolute atomic E-state index is 12.9. The molecule has 0 aliphatic carbocycles. The molecule has 18 heavy (non-hydrogen) atoms. The van der Waals surface area contributed by atoms with Gasteiger partial charge in [-0.3, -0.25) is 0 Å². The van der Waals surface area contributed by atoms with Crippen LogP contribution < -0.4 is 0 Å². The van der Waals surface area contributed by atoms with Crippen molar-refractivity contribution < 1.29 is 4.39 Å². The van der Waals surface area contributed by atoms with Crippen LogP contribution in [-0.2, 0) is 0 Å². The molecule has 0 nitrogen and oxygen atoms in total. The summed E-state index contributed by atoms with van der Waals surface area (Å²) in [5, 5.41) is 0. The minimum Gasteiger partial charge on any atom is -0.207 e. The quantitative estimate of drug-likeness (QED) is 0.676. The van der Waals surface area contributed by atoms with Crippen LogP contribution in [0.15, 0.2) is 36.4 Å². The Kier molecular flexibility index (Phi) is 3.51. The zero-order valence-corrected chi connectivity index (χ0v) is 11.4. The van der Waals surface area contributed by atoms with Crippen molar-refractivity contribution >= 4 is 0 Å². The molecule has 0 aliphatic heterocycles. The largest absolute Gasteiger partial charge is 0.207 e. The van der Waals surface area contributed by atoms with Crippen molar-refractivity contribution in [1.82, 2.24) is 0 Å². The van der Waals surface area contributed by atoms with Gasteiger partial charge < -0.3 is 0 Å². The molecule has 94 valence electrons. The molecule has 0 bridgehead atoms. The Balaban J connectivity index is 2.51. The Hall–Kier alpha value is -1.63. The molecular formula is C17H19F. The number of hydrogen-bond acceptors (Lipinski definition) is 0. The van der Waals surface area contributed by atoms with Crippen LogP contribution in [-0.4, -0.2) is 0 Å². The monoisotopic (exact) mass is 242 g/mol. The summed E-state index contributed by atoms with van der Waals surface area (Å²) in [6, 6.07) is 11.1. The first-order valence-electron chi connectivity index (χ1n) is 6.36. The van der Waals surface area contributed by atoms with E-state index in [9.17, 15) is 4.39 Å². The topological polar surface area (TPSA) is 0 Å². The molecule has 0 aromatic heterocycles. The van der Waals surface area contributed by atoms with Crippen molar-refractivity contribution in [2.24, 2.45) is 0 Å². The molecule has 0 amide bonds. The second-order valence-electron chi connectivity index (χ2n) is 5.19. The molecule has 0 saturated carbocycles. The van der Waals surface area contributed by atoms with E-state index in [1.807, 2.05) is 12.1 Å². The van der Waals surface area contributed by atoms with Crippen molar-refractivity contribution in [3.05, 3.63) is 58.9 Å². The number of aryl methyl sites for hydroxylation is 2. The van der Waals surface area contributed by atoms with Crippen LogP contribution in [0.2, 0.25) is 0 Å². The number of benzene rings is 2. The summed E-state index contributed by atoms with van der Waals surface area (Å²) in [5.74, 6) is 0.346. The highest BCUT2D eigenvalue weighted by molar-refractivity contribution is 5.66. The number of hydrogen-bond donors (Lipinski definition) is 0. The molecule has 0 N–H and O–H groups in total. The van der Waals surface area contributed by atoms with E-state index in [0.29, 0.717) is 5.92 Å². The number of rotatable bonds is 2. The Labute approximate surface area is 108 Å². The predicted octanol–water partition coefficient (Wildman–Crippen LogP) is 5.23. The predicted molar refractivity (Wildman–Crippen MR) is 75.4 cm³/mol. The van der Waals surface area contributed by atoms with Crippen LogP contribution in [0.3, 0.4) is 0 Å². The van der Waals surface area contributed by atoms with Crippen LogP contribution in [0.25, 0.3) is 11.1 Å². The van der Waals surface area contributed by atoms with E-state index >= 15 is 0 Å². The average Bonchev–Trinajstić information content (AvgIpc) is 2.28. The SMILES string of the molecule is Cc1cc(-c2ccc(F)cc2)cc(C)c1C(C)C. The lowest BCUT2D eigenvalue weighted by Gasteiger charge is -2.15. The highest BCUT2D eigenvalue weighted by Crippen LogP contribution is 2.29. The lowest BCUT2D eigenvalue weighted by Crippen LogP contribution is -1.97. The lowest BCUT2D eigenvalue weighted by atomic mass is 9.90. The molecule has 0 heterocycles. The molecule has 0 aliphatic rings. The molecule has 1 heteroatoms. The van der Waals surface area contributed by atoms with Crippen LogP contribution in [0.1, 0.15) is 36.5 Å². The Morgan fingerprint density at radius 3 is 1.78 bits per heavy atom. The molecule has 0 saturated heterocycles. The van der Waals surface area contributed by atoms with Crippen molar-refractivity contribution in [2.75, 3.05) is 0 Å². The molecular weight excluding hydrogens is 223 g/mol. The van der Waals surface area contributed by atoms with Crippen LogP contribution in [0.5, 0.6) is 0 Å². The molecule has 0 unspecified atom stereocenters. The minimum atomic E-state index is -0.189. The summed E-state index contributed by atoms with van der Waals surface area (Å²) in [6.07, 6.45) is 0. The third kappa shape index (κ3) is 2.45. The third-order valence-electron chi connectivity index (χ3n) is 3.35. The van der Waals surface area contributed by atoms with Gasteiger partial charge in [-0.1, -0.05) is 38.1 Å². The smallest absolute Gasteiger partial charge is 0.123 e. The number of halogens is 1. The molecule has 2 aromatic carbocycles. The van der Waals surface area contributed by atoms with Gasteiger partial charge in [-0.05, 0) is 59.7 Å². The average molecular weight is 242 g/mol. The molecule has 2 rings (SSSR count).